The second-order valence-corrected chi connectivity index (χ2v) is 24.1. The van der Waals surface area contributed by atoms with E-state index in [0.717, 1.165) is 107 Å². The molecule has 5 atom stereocenters. The summed E-state index contributed by atoms with van der Waals surface area (Å²) in [6, 6.07) is 19.0. The molecular formula is C56H68BrFN8O5S. The van der Waals surface area contributed by atoms with Gasteiger partial charge in [0.25, 0.3) is 11.5 Å². The van der Waals surface area contributed by atoms with Crippen molar-refractivity contribution in [2.75, 3.05) is 26.2 Å². The highest BCUT2D eigenvalue weighted by Crippen LogP contribution is 2.42. The van der Waals surface area contributed by atoms with Gasteiger partial charge in [0.15, 0.2) is 5.67 Å². The van der Waals surface area contributed by atoms with E-state index in [1.807, 2.05) is 30.6 Å². The number of piperidine rings is 1. The summed E-state index contributed by atoms with van der Waals surface area (Å²) < 4.78 is 20.1. The van der Waals surface area contributed by atoms with Crippen molar-refractivity contribution < 1.29 is 23.9 Å². The normalized spacial score (nSPS) is 21.1. The van der Waals surface area contributed by atoms with E-state index in [9.17, 15) is 28.7 Å². The number of carbonyl (C=O) groups is 3. The van der Waals surface area contributed by atoms with Crippen LogP contribution < -0.4 is 16.2 Å². The van der Waals surface area contributed by atoms with Crippen LogP contribution in [0.15, 0.2) is 75.4 Å². The summed E-state index contributed by atoms with van der Waals surface area (Å²) >= 11 is 5.21. The number of carbonyl (C=O) groups excluding carboxylic acids is 3. The number of fused-ring (bicyclic) bond motifs is 5. The number of nitrogens with zero attached hydrogens (tertiary/aromatic N) is 6. The highest BCUT2D eigenvalue weighted by Gasteiger charge is 2.53. The third-order valence-electron chi connectivity index (χ3n) is 16.2. The maximum atomic E-state index is 14.8. The summed E-state index contributed by atoms with van der Waals surface area (Å²) in [5.41, 5.74) is 6.32. The van der Waals surface area contributed by atoms with Crippen LogP contribution in [0.3, 0.4) is 0 Å². The van der Waals surface area contributed by atoms with Crippen molar-refractivity contribution in [1.29, 1.82) is 0 Å². The fraction of sp³-hybridized carbons (Fsp3) is 0.536. The molecular weight excluding hydrogens is 996 g/mol. The van der Waals surface area contributed by atoms with E-state index in [-0.39, 0.29) is 43.3 Å². The lowest BCUT2D eigenvalue weighted by Crippen LogP contribution is -2.59. The zero-order valence-corrected chi connectivity index (χ0v) is 44.5. The second kappa shape index (κ2) is 20.4. The van der Waals surface area contributed by atoms with Gasteiger partial charge < -0.3 is 30.1 Å². The Morgan fingerprint density at radius 2 is 1.68 bits per heavy atom. The topological polar surface area (TPSA) is 154 Å². The van der Waals surface area contributed by atoms with Gasteiger partial charge in [-0.3, -0.25) is 23.6 Å². The fourth-order valence-electron chi connectivity index (χ4n) is 11.7. The molecule has 16 heteroatoms. The molecule has 13 nitrogen and oxygen atoms in total. The molecule has 382 valence electrons. The fourth-order valence-corrected chi connectivity index (χ4v) is 13.0. The monoisotopic (exact) mass is 1060 g/mol. The average Bonchev–Trinajstić information content (AvgIpc) is 3.81. The van der Waals surface area contributed by atoms with Gasteiger partial charge in [-0.15, -0.1) is 11.3 Å². The van der Waals surface area contributed by atoms with Crippen LogP contribution in [0.5, 0.6) is 0 Å². The molecule has 3 aromatic heterocycles. The highest BCUT2D eigenvalue weighted by molar-refractivity contribution is 9.10. The molecule has 10 rings (SSSR count). The zero-order valence-electron chi connectivity index (χ0n) is 42.1. The molecule has 2 aliphatic carbocycles. The van der Waals surface area contributed by atoms with Crippen molar-refractivity contribution in [2.24, 2.45) is 11.3 Å². The van der Waals surface area contributed by atoms with Gasteiger partial charge in [-0.2, -0.15) is 4.98 Å². The minimum absolute atomic E-state index is 0.0553. The number of alkyl halides is 1. The van der Waals surface area contributed by atoms with Crippen LogP contribution in [0.25, 0.3) is 38.2 Å². The third kappa shape index (κ3) is 10.1. The van der Waals surface area contributed by atoms with Gasteiger partial charge in [0.1, 0.15) is 12.1 Å². The van der Waals surface area contributed by atoms with Crippen LogP contribution in [0.4, 0.5) is 4.39 Å². The summed E-state index contributed by atoms with van der Waals surface area (Å²) in [6.45, 7) is 12.6. The summed E-state index contributed by atoms with van der Waals surface area (Å²) in [4.78, 5) is 69.2. The SMILES string of the molecule is Cc1ncsc1-c1ccc([C@H](CC[C@H](C)CCN2CCC(c3ccc4c(c3)n(C3CCCC3)c3nc(=O)c5c(Br)cccc5n43)CC2)NC(=O)C2C[C@@H](O)CN2C(=O)[C@@H](NC(=O)C2(F)CC2)C(C)(C)C)cc1. The number of halogens is 2. The van der Waals surface area contributed by atoms with Crippen molar-refractivity contribution in [3.63, 3.8) is 0 Å². The van der Waals surface area contributed by atoms with Crippen LogP contribution in [-0.2, 0) is 14.4 Å². The van der Waals surface area contributed by atoms with Crippen LogP contribution in [0, 0.1) is 18.3 Å². The minimum atomic E-state index is -1.96. The smallest absolute Gasteiger partial charge is 0.283 e. The Balaban J connectivity index is 0.801. The number of hydrogen-bond donors (Lipinski definition) is 3. The molecule has 1 unspecified atom stereocenters. The van der Waals surface area contributed by atoms with E-state index < -0.39 is 41.1 Å². The van der Waals surface area contributed by atoms with E-state index in [4.69, 9.17) is 4.98 Å². The molecule has 3 amide bonds. The predicted molar refractivity (Wildman–Crippen MR) is 285 cm³/mol. The van der Waals surface area contributed by atoms with Gasteiger partial charge in [0.2, 0.25) is 17.6 Å². The van der Waals surface area contributed by atoms with Gasteiger partial charge in [0.05, 0.1) is 50.2 Å². The first-order chi connectivity index (χ1) is 34.5. The van der Waals surface area contributed by atoms with Crippen LogP contribution in [0.2, 0.25) is 0 Å². The molecule has 6 aromatic rings. The maximum absolute atomic E-state index is 14.8. The molecule has 2 aliphatic heterocycles. The number of hydrogen-bond acceptors (Lipinski definition) is 9. The Bertz CT molecular complexity index is 3060. The number of aliphatic hydroxyl groups is 1. The van der Waals surface area contributed by atoms with Gasteiger partial charge in [0, 0.05) is 23.5 Å². The number of β-amino-alcohol motifs (C(OH)–C–C–N with tert-alkyl or cyclic N) is 1. The van der Waals surface area contributed by atoms with Gasteiger partial charge >= 0.3 is 0 Å². The van der Waals surface area contributed by atoms with E-state index in [1.165, 1.54) is 23.3 Å². The van der Waals surface area contributed by atoms with E-state index in [1.54, 1.807) is 32.1 Å². The molecule has 2 saturated heterocycles. The molecule has 0 radical (unpaired) electrons. The molecule has 72 heavy (non-hydrogen) atoms. The Labute approximate surface area is 433 Å². The molecule has 3 aromatic carbocycles. The number of imidazole rings is 1. The summed E-state index contributed by atoms with van der Waals surface area (Å²) in [5.74, 6) is -0.136. The zero-order chi connectivity index (χ0) is 50.6. The number of aromatic nitrogens is 4. The quantitative estimate of drug-likeness (QED) is 0.0919. The number of rotatable bonds is 15. The van der Waals surface area contributed by atoms with Crippen molar-refractivity contribution in [3.8, 4) is 10.4 Å². The lowest BCUT2D eigenvalue weighted by Gasteiger charge is -2.36. The molecule has 0 bridgehead atoms. The number of aryl methyl sites for hydroxylation is 1. The first-order valence-electron chi connectivity index (χ1n) is 26.1. The van der Waals surface area contributed by atoms with Crippen molar-refractivity contribution in [1.82, 2.24) is 39.4 Å². The Morgan fingerprint density at radius 3 is 2.36 bits per heavy atom. The lowest BCUT2D eigenvalue weighted by molar-refractivity contribution is -0.145. The van der Waals surface area contributed by atoms with Crippen LogP contribution >= 0.6 is 27.3 Å². The molecule has 5 heterocycles. The Hall–Kier alpha value is -5.03. The molecule has 0 spiro atoms. The largest absolute Gasteiger partial charge is 0.391 e. The summed E-state index contributed by atoms with van der Waals surface area (Å²) in [6.07, 6.45) is 8.58. The third-order valence-corrected chi connectivity index (χ3v) is 17.8. The van der Waals surface area contributed by atoms with E-state index in [2.05, 4.69) is 94.8 Å². The maximum Gasteiger partial charge on any atom is 0.283 e. The van der Waals surface area contributed by atoms with Crippen molar-refractivity contribution >= 4 is 72.7 Å². The number of amides is 3. The number of nitrogens with one attached hydrogen (secondary N) is 2. The summed E-state index contributed by atoms with van der Waals surface area (Å²) in [7, 11) is 0. The number of aliphatic hydroxyl groups excluding tert-OH is 1. The predicted octanol–water partition coefficient (Wildman–Crippen LogP) is 9.95. The number of thiazole rings is 1. The minimum Gasteiger partial charge on any atom is -0.391 e. The molecule has 4 fully saturated rings. The molecule has 4 aliphatic rings. The average molecular weight is 1060 g/mol. The lowest BCUT2D eigenvalue weighted by atomic mass is 9.85. The van der Waals surface area contributed by atoms with Crippen molar-refractivity contribution in [3.05, 3.63) is 97.8 Å². The van der Waals surface area contributed by atoms with Gasteiger partial charge in [-0.1, -0.05) is 76.9 Å². The van der Waals surface area contributed by atoms with Gasteiger partial charge in [-0.05, 0) is 158 Å². The number of likely N-dealkylation sites (tertiary alicyclic amines) is 2. The summed E-state index contributed by atoms with van der Waals surface area (Å²) in [5, 5.41) is 17.5. The first-order valence-corrected chi connectivity index (χ1v) is 27.8. The molecule has 2 saturated carbocycles. The standard InChI is InChI=1S/C56H68BrFN8O5S/c1-33(21-26-63-27-22-35(23-28-63)38-18-20-43-45(29-38)65(39-9-6-7-10-39)54-62-51(69)47-41(57)11-8-12-44(47)66(43)54)13-19-42(36-14-16-37(17-15-36)48-34(2)59-32-72-48)60-50(68)46-30-40(67)31-64(46)52(70)49(55(3,4)5)61-53(71)56(58)24-25-56/h8,11-12,14-18,20,29,32-33,35,39-40,42,46,49,67H,6-7,9-10,13,19,21-28,30-31H2,1-5H3,(H,60,68)(H,61,71)/t33-,40+,42-,46?,49+/m0/s1. The highest BCUT2D eigenvalue weighted by atomic mass is 79.9. The Morgan fingerprint density at radius 1 is 0.944 bits per heavy atom. The van der Waals surface area contributed by atoms with E-state index >= 15 is 0 Å². The van der Waals surface area contributed by atoms with E-state index in [0.29, 0.717) is 29.7 Å². The first kappa shape index (κ1) is 50.5. The Kier molecular flexibility index (Phi) is 14.3. The molecule has 3 N–H and O–H groups in total. The second-order valence-electron chi connectivity index (χ2n) is 22.4. The number of benzene rings is 3. The van der Waals surface area contributed by atoms with Crippen LogP contribution in [-0.4, -0.2) is 102 Å². The van der Waals surface area contributed by atoms with Crippen molar-refractivity contribution in [2.45, 2.75) is 154 Å². The van der Waals surface area contributed by atoms with Gasteiger partial charge in [-0.25, -0.2) is 9.37 Å². The van der Waals surface area contributed by atoms with Crippen LogP contribution in [0.1, 0.15) is 140 Å².